The number of hydrogen-bond donors (Lipinski definition) is 0. The first kappa shape index (κ1) is 20.7. The van der Waals surface area contributed by atoms with Gasteiger partial charge in [0, 0.05) is 23.8 Å². The minimum Gasteiger partial charge on any atom is -0.457 e. The van der Waals surface area contributed by atoms with Crippen molar-refractivity contribution in [2.45, 2.75) is 6.54 Å². The number of carbonyl (C=O) groups is 2. The van der Waals surface area contributed by atoms with Crippen molar-refractivity contribution in [2.24, 2.45) is 0 Å². The maximum Gasteiger partial charge on any atom is 0.293 e. The van der Waals surface area contributed by atoms with E-state index in [0.29, 0.717) is 17.1 Å². The Morgan fingerprint density at radius 1 is 0.939 bits per heavy atom. The van der Waals surface area contributed by atoms with Crippen LogP contribution in [0.3, 0.4) is 0 Å². The summed E-state index contributed by atoms with van der Waals surface area (Å²) in [6.45, 7) is 0.190. The van der Waals surface area contributed by atoms with E-state index in [9.17, 15) is 19.7 Å². The number of nitro benzene ring substituents is 1. The van der Waals surface area contributed by atoms with Crippen LogP contribution in [-0.4, -0.2) is 21.0 Å². The maximum absolute atomic E-state index is 12.9. The largest absolute Gasteiger partial charge is 0.457 e. The van der Waals surface area contributed by atoms with Crippen molar-refractivity contribution in [1.82, 2.24) is 4.90 Å². The molecule has 1 aromatic heterocycles. The van der Waals surface area contributed by atoms with Crippen molar-refractivity contribution in [2.75, 3.05) is 0 Å². The first-order valence-electron chi connectivity index (χ1n) is 10.1. The van der Waals surface area contributed by atoms with Gasteiger partial charge in [-0.1, -0.05) is 42.5 Å². The molecule has 0 radical (unpaired) electrons. The predicted octanol–water partition coefficient (Wildman–Crippen LogP) is 6.24. The number of benzene rings is 3. The number of carbonyl (C=O) groups excluding carboxylic acids is 2. The smallest absolute Gasteiger partial charge is 0.293 e. The molecule has 0 aliphatic carbocycles. The van der Waals surface area contributed by atoms with Crippen molar-refractivity contribution in [1.29, 1.82) is 0 Å². The Hall–Kier alpha value is -4.17. The van der Waals surface area contributed by atoms with Crippen molar-refractivity contribution in [3.05, 3.63) is 105 Å². The standard InChI is InChI=1S/C25H16N2O5S/c28-24-23(14-20-12-13-22(32-20)17-8-10-19(11-9-17)27(30)31)33-25(29)26(24)15-18-6-3-5-16-4-1-2-7-21(16)18/h1-14H,15H2/b23-14-. The molecule has 0 spiro atoms. The zero-order chi connectivity index (χ0) is 22.9. The highest BCUT2D eigenvalue weighted by atomic mass is 32.2. The first-order valence-corrected chi connectivity index (χ1v) is 10.9. The van der Waals surface area contributed by atoms with Gasteiger partial charge in [0.1, 0.15) is 11.5 Å². The molecule has 1 aliphatic heterocycles. The van der Waals surface area contributed by atoms with Gasteiger partial charge in [-0.25, -0.2) is 0 Å². The molecule has 33 heavy (non-hydrogen) atoms. The highest BCUT2D eigenvalue weighted by molar-refractivity contribution is 8.18. The molecule has 0 N–H and O–H groups in total. The van der Waals surface area contributed by atoms with E-state index in [2.05, 4.69) is 0 Å². The van der Waals surface area contributed by atoms with Crippen molar-refractivity contribution in [3.63, 3.8) is 0 Å². The number of nitro groups is 1. The van der Waals surface area contributed by atoms with Crippen LogP contribution in [0, 0.1) is 10.1 Å². The fraction of sp³-hybridized carbons (Fsp3) is 0.0400. The summed E-state index contributed by atoms with van der Waals surface area (Å²) in [6.07, 6.45) is 1.54. The third kappa shape index (κ3) is 4.04. The van der Waals surface area contributed by atoms with E-state index in [0.717, 1.165) is 28.1 Å². The van der Waals surface area contributed by atoms with Crippen molar-refractivity contribution < 1.29 is 18.9 Å². The number of fused-ring (bicyclic) bond motifs is 1. The Labute approximate surface area is 192 Å². The Balaban J connectivity index is 1.37. The Morgan fingerprint density at radius 2 is 1.70 bits per heavy atom. The van der Waals surface area contributed by atoms with Gasteiger partial charge < -0.3 is 4.42 Å². The summed E-state index contributed by atoms with van der Waals surface area (Å²) in [7, 11) is 0. The molecule has 5 rings (SSSR count). The molecule has 1 fully saturated rings. The van der Waals surface area contributed by atoms with Crippen LogP contribution in [0.1, 0.15) is 11.3 Å². The quantitative estimate of drug-likeness (QED) is 0.200. The number of imide groups is 1. The van der Waals surface area contributed by atoms with Crippen LogP contribution in [0.15, 0.2) is 88.2 Å². The number of amides is 2. The van der Waals surface area contributed by atoms with Gasteiger partial charge in [0.2, 0.25) is 0 Å². The molecule has 0 saturated carbocycles. The van der Waals surface area contributed by atoms with Gasteiger partial charge in [-0.3, -0.25) is 24.6 Å². The summed E-state index contributed by atoms with van der Waals surface area (Å²) < 4.78 is 5.79. The molecule has 1 saturated heterocycles. The number of non-ortho nitro benzene ring substituents is 1. The van der Waals surface area contributed by atoms with Crippen LogP contribution in [0.25, 0.3) is 28.2 Å². The summed E-state index contributed by atoms with van der Waals surface area (Å²) >= 11 is 0.875. The lowest BCUT2D eigenvalue weighted by molar-refractivity contribution is -0.384. The third-order valence-corrected chi connectivity index (χ3v) is 6.25. The number of hydrogen-bond acceptors (Lipinski definition) is 6. The Morgan fingerprint density at radius 3 is 2.48 bits per heavy atom. The first-order chi connectivity index (χ1) is 16.0. The Bertz CT molecular complexity index is 1430. The highest BCUT2D eigenvalue weighted by Crippen LogP contribution is 2.35. The van der Waals surface area contributed by atoms with Gasteiger partial charge in [-0.15, -0.1) is 0 Å². The van der Waals surface area contributed by atoms with Crippen molar-refractivity contribution >= 4 is 45.4 Å². The van der Waals surface area contributed by atoms with Crippen LogP contribution >= 0.6 is 11.8 Å². The number of nitrogens with zero attached hydrogens (tertiary/aromatic N) is 2. The number of furan rings is 1. The van der Waals surface area contributed by atoms with Gasteiger partial charge in [-0.2, -0.15) is 0 Å². The molecule has 3 aromatic carbocycles. The lowest BCUT2D eigenvalue weighted by atomic mass is 10.0. The lowest BCUT2D eigenvalue weighted by Crippen LogP contribution is -2.27. The van der Waals surface area contributed by atoms with Gasteiger partial charge >= 0.3 is 0 Å². The average Bonchev–Trinajstić information content (AvgIpc) is 3.39. The third-order valence-electron chi connectivity index (χ3n) is 5.34. The monoisotopic (exact) mass is 456 g/mol. The van der Waals surface area contributed by atoms with Crippen LogP contribution < -0.4 is 0 Å². The molecule has 2 amide bonds. The molecule has 0 unspecified atom stereocenters. The zero-order valence-electron chi connectivity index (χ0n) is 17.1. The highest BCUT2D eigenvalue weighted by Gasteiger charge is 2.35. The average molecular weight is 456 g/mol. The summed E-state index contributed by atoms with van der Waals surface area (Å²) in [5, 5.41) is 12.5. The van der Waals surface area contributed by atoms with Gasteiger partial charge in [0.15, 0.2) is 0 Å². The van der Waals surface area contributed by atoms with Crippen molar-refractivity contribution in [3.8, 4) is 11.3 Å². The SMILES string of the molecule is O=C1S/C(=C\c2ccc(-c3ccc([N+](=O)[O-])cc3)o2)C(=O)N1Cc1cccc2ccccc12. The normalized spacial score (nSPS) is 15.0. The van der Waals surface area contributed by atoms with Crippen LogP contribution in [-0.2, 0) is 11.3 Å². The van der Waals surface area contributed by atoms with E-state index < -0.39 is 4.92 Å². The zero-order valence-corrected chi connectivity index (χ0v) is 18.0. The molecular formula is C25H16N2O5S. The molecule has 2 heterocycles. The fourth-order valence-electron chi connectivity index (χ4n) is 3.70. The molecule has 162 valence electrons. The second kappa shape index (κ2) is 8.40. The van der Waals surface area contributed by atoms with E-state index in [1.807, 2.05) is 42.5 Å². The van der Waals surface area contributed by atoms with Gasteiger partial charge in [0.05, 0.1) is 16.4 Å². The molecule has 0 atom stereocenters. The second-order valence-electron chi connectivity index (χ2n) is 7.41. The van der Waals surface area contributed by atoms with Gasteiger partial charge in [-0.05, 0) is 52.4 Å². The van der Waals surface area contributed by atoms with E-state index in [4.69, 9.17) is 4.42 Å². The summed E-state index contributed by atoms with van der Waals surface area (Å²) in [4.78, 5) is 37.4. The molecular weight excluding hydrogens is 440 g/mol. The summed E-state index contributed by atoms with van der Waals surface area (Å²) in [5.41, 5.74) is 1.56. The van der Waals surface area contributed by atoms with E-state index in [-0.39, 0.29) is 28.3 Å². The summed E-state index contributed by atoms with van der Waals surface area (Å²) in [6, 6.07) is 23.1. The predicted molar refractivity (Wildman–Crippen MR) is 126 cm³/mol. The van der Waals surface area contributed by atoms with E-state index in [1.165, 1.54) is 17.0 Å². The fourth-order valence-corrected chi connectivity index (χ4v) is 4.52. The topological polar surface area (TPSA) is 93.7 Å². The summed E-state index contributed by atoms with van der Waals surface area (Å²) in [5.74, 6) is 0.552. The lowest BCUT2D eigenvalue weighted by Gasteiger charge is -2.14. The van der Waals surface area contributed by atoms with Gasteiger partial charge in [0.25, 0.3) is 16.8 Å². The van der Waals surface area contributed by atoms with E-state index in [1.54, 1.807) is 30.3 Å². The Kier molecular flexibility index (Phi) is 5.27. The van der Waals surface area contributed by atoms with Crippen LogP contribution in [0.4, 0.5) is 10.5 Å². The maximum atomic E-state index is 12.9. The van der Waals surface area contributed by atoms with E-state index >= 15 is 0 Å². The van der Waals surface area contributed by atoms with Crippen LogP contribution in [0.2, 0.25) is 0 Å². The second-order valence-corrected chi connectivity index (χ2v) is 8.41. The molecule has 4 aromatic rings. The number of thioether (sulfide) groups is 1. The van der Waals surface area contributed by atoms with Crippen LogP contribution in [0.5, 0.6) is 0 Å². The molecule has 0 bridgehead atoms. The minimum atomic E-state index is -0.467. The molecule has 8 heteroatoms. The molecule has 7 nitrogen and oxygen atoms in total. The molecule has 1 aliphatic rings. The minimum absolute atomic E-state index is 0.00889. The number of rotatable bonds is 5.